The molecule has 0 radical (unpaired) electrons. The van der Waals surface area contributed by atoms with Crippen LogP contribution in [0.25, 0.3) is 0 Å². The van der Waals surface area contributed by atoms with E-state index in [-0.39, 0.29) is 11.3 Å². The number of fused-ring (bicyclic) bond motifs is 2. The molecule has 1 spiro atoms. The summed E-state index contributed by atoms with van der Waals surface area (Å²) >= 11 is 9.86. The number of pyridine rings is 1. The van der Waals surface area contributed by atoms with Crippen molar-refractivity contribution in [2.45, 2.75) is 31.6 Å². The predicted molar refractivity (Wildman–Crippen MR) is 78.3 cm³/mol. The number of hydrogen-bond acceptors (Lipinski definition) is 3. The van der Waals surface area contributed by atoms with Gasteiger partial charge in [-0.25, -0.2) is 4.98 Å². The van der Waals surface area contributed by atoms with Crippen LogP contribution in [0.4, 0.5) is 5.82 Å². The minimum absolute atomic E-state index is 0.118. The molecule has 2 heterocycles. The van der Waals surface area contributed by atoms with Crippen molar-refractivity contribution in [3.8, 4) is 0 Å². The highest BCUT2D eigenvalue weighted by molar-refractivity contribution is 9.10. The summed E-state index contributed by atoms with van der Waals surface area (Å²) in [4.78, 5) is 16.0. The Morgan fingerprint density at radius 2 is 2.32 bits per heavy atom. The van der Waals surface area contributed by atoms with Crippen molar-refractivity contribution in [1.29, 1.82) is 0 Å². The molecule has 1 amide bonds. The van der Waals surface area contributed by atoms with E-state index in [4.69, 9.17) is 17.3 Å². The first-order valence-corrected chi connectivity index (χ1v) is 7.43. The van der Waals surface area contributed by atoms with Crippen LogP contribution >= 0.6 is 27.5 Å². The van der Waals surface area contributed by atoms with Crippen LogP contribution in [0.1, 0.15) is 31.7 Å². The molecule has 0 unspecified atom stereocenters. The van der Waals surface area contributed by atoms with E-state index >= 15 is 0 Å². The lowest BCUT2D eigenvalue weighted by atomic mass is 9.77. The molecular weight excluding hydrogens is 330 g/mol. The van der Waals surface area contributed by atoms with Crippen LogP contribution < -0.4 is 11.1 Å². The topological polar surface area (TPSA) is 68.0 Å². The lowest BCUT2D eigenvalue weighted by molar-refractivity contribution is -0.126. The number of nitrogens with one attached hydrogen (secondary N) is 1. The predicted octanol–water partition coefficient (Wildman–Crippen LogP) is 2.84. The molecular formula is C13H15BrClN3O. The zero-order valence-electron chi connectivity index (χ0n) is 10.6. The van der Waals surface area contributed by atoms with Gasteiger partial charge in [-0.05, 0) is 35.2 Å². The number of nitrogens with zero attached hydrogens (tertiary/aromatic N) is 1. The van der Waals surface area contributed by atoms with Crippen LogP contribution in [0.5, 0.6) is 0 Å². The number of nitrogens with two attached hydrogens (primary N) is 1. The maximum absolute atomic E-state index is 11.7. The van der Waals surface area contributed by atoms with Crippen LogP contribution in [0.3, 0.4) is 0 Å². The van der Waals surface area contributed by atoms with E-state index in [1.54, 1.807) is 6.20 Å². The molecule has 1 aromatic heterocycles. The summed E-state index contributed by atoms with van der Waals surface area (Å²) in [5, 5.41) is 4.01. The van der Waals surface area contributed by atoms with Crippen LogP contribution in [0, 0.1) is 5.41 Å². The van der Waals surface area contributed by atoms with Crippen molar-refractivity contribution in [2.24, 2.45) is 11.1 Å². The number of aromatic nitrogens is 1. The molecule has 3 rings (SSSR count). The number of anilines is 1. The summed E-state index contributed by atoms with van der Waals surface area (Å²) in [6.45, 7) is 2.72. The average Bonchev–Trinajstić information content (AvgIpc) is 2.88. The average molecular weight is 345 g/mol. The van der Waals surface area contributed by atoms with Gasteiger partial charge < -0.3 is 11.1 Å². The van der Waals surface area contributed by atoms with Gasteiger partial charge in [0.25, 0.3) is 0 Å². The van der Waals surface area contributed by atoms with Crippen molar-refractivity contribution in [2.75, 3.05) is 11.9 Å². The summed E-state index contributed by atoms with van der Waals surface area (Å²) in [6.07, 6.45) is 4.14. The van der Waals surface area contributed by atoms with Crippen molar-refractivity contribution in [1.82, 2.24) is 4.98 Å². The molecule has 1 aliphatic carbocycles. The van der Waals surface area contributed by atoms with Crippen molar-refractivity contribution in [3.05, 3.63) is 21.3 Å². The molecule has 2 aliphatic rings. The Bertz CT molecular complexity index is 579. The maximum Gasteiger partial charge on any atom is 0.223 e. The maximum atomic E-state index is 11.7. The third-order valence-electron chi connectivity index (χ3n) is 4.58. The largest absolute Gasteiger partial charge is 0.369 e. The van der Waals surface area contributed by atoms with Crippen LogP contribution in [0.2, 0.25) is 5.02 Å². The third kappa shape index (κ3) is 1.78. The second kappa shape index (κ2) is 4.09. The number of rotatable bonds is 1. The minimum Gasteiger partial charge on any atom is -0.369 e. The van der Waals surface area contributed by atoms with Crippen molar-refractivity contribution in [3.63, 3.8) is 0 Å². The molecule has 1 aliphatic heterocycles. The molecule has 4 nitrogen and oxygen atoms in total. The summed E-state index contributed by atoms with van der Waals surface area (Å²) in [5.74, 6) is 0.610. The zero-order valence-corrected chi connectivity index (χ0v) is 12.9. The Labute approximate surface area is 125 Å². The van der Waals surface area contributed by atoms with E-state index in [0.29, 0.717) is 5.02 Å². The van der Waals surface area contributed by atoms with Gasteiger partial charge in [0.2, 0.25) is 5.91 Å². The van der Waals surface area contributed by atoms with Gasteiger partial charge in [0, 0.05) is 29.1 Å². The first kappa shape index (κ1) is 13.2. The summed E-state index contributed by atoms with van der Waals surface area (Å²) in [7, 11) is 0. The SMILES string of the molecule is C[C@]1(C(N)=O)CC[C@@]2(CNc3ncc(Br)c(Cl)c32)C1. The van der Waals surface area contributed by atoms with Crippen LogP contribution in [-0.4, -0.2) is 17.4 Å². The molecule has 0 aromatic carbocycles. The molecule has 0 saturated heterocycles. The molecule has 1 aromatic rings. The van der Waals surface area contributed by atoms with Gasteiger partial charge in [0.05, 0.1) is 9.50 Å². The summed E-state index contributed by atoms with van der Waals surface area (Å²) in [6, 6.07) is 0. The molecule has 2 atom stereocenters. The van der Waals surface area contributed by atoms with Gasteiger partial charge in [0.15, 0.2) is 0 Å². The second-order valence-electron chi connectivity index (χ2n) is 5.88. The molecule has 1 fully saturated rings. The molecule has 19 heavy (non-hydrogen) atoms. The first-order chi connectivity index (χ1) is 8.88. The monoisotopic (exact) mass is 343 g/mol. The fourth-order valence-corrected chi connectivity index (χ4v) is 4.08. The first-order valence-electron chi connectivity index (χ1n) is 6.26. The highest BCUT2D eigenvalue weighted by Gasteiger charge is 2.53. The van der Waals surface area contributed by atoms with Crippen LogP contribution in [-0.2, 0) is 10.2 Å². The van der Waals surface area contributed by atoms with Crippen molar-refractivity contribution < 1.29 is 4.79 Å². The number of hydrogen-bond donors (Lipinski definition) is 2. The lowest BCUT2D eigenvalue weighted by Gasteiger charge is -2.27. The second-order valence-corrected chi connectivity index (χ2v) is 7.11. The number of carbonyl (C=O) groups excluding carboxylic acids is 1. The molecule has 0 bridgehead atoms. The molecule has 1 saturated carbocycles. The van der Waals surface area contributed by atoms with E-state index < -0.39 is 5.41 Å². The molecule has 102 valence electrons. The third-order valence-corrected chi connectivity index (χ3v) is 5.80. The standard InChI is InChI=1S/C13H15BrClN3O/c1-12(11(16)19)2-3-13(5-12)6-18-10-8(13)9(15)7(14)4-17-10/h4H,2-3,5-6H2,1H3,(H2,16,19)(H,17,18)/t12-,13-/m0/s1. The fourth-order valence-electron chi connectivity index (χ4n) is 3.44. The van der Waals surface area contributed by atoms with Gasteiger partial charge in [-0.3, -0.25) is 4.79 Å². The van der Waals surface area contributed by atoms with Gasteiger partial charge in [0.1, 0.15) is 5.82 Å². The Kier molecular flexibility index (Phi) is 2.84. The molecule has 6 heteroatoms. The van der Waals surface area contributed by atoms with E-state index in [2.05, 4.69) is 26.2 Å². The summed E-state index contributed by atoms with van der Waals surface area (Å²) in [5.41, 5.74) is 6.02. The lowest BCUT2D eigenvalue weighted by Crippen LogP contribution is -2.35. The number of halogens is 2. The van der Waals surface area contributed by atoms with Gasteiger partial charge in [-0.2, -0.15) is 0 Å². The summed E-state index contributed by atoms with van der Waals surface area (Å²) < 4.78 is 0.795. The Balaban J connectivity index is 2.08. The normalized spacial score (nSPS) is 32.4. The van der Waals surface area contributed by atoms with Gasteiger partial charge in [-0.15, -0.1) is 0 Å². The Morgan fingerprint density at radius 1 is 1.58 bits per heavy atom. The smallest absolute Gasteiger partial charge is 0.223 e. The Morgan fingerprint density at radius 3 is 2.95 bits per heavy atom. The highest BCUT2D eigenvalue weighted by atomic mass is 79.9. The number of carbonyl (C=O) groups is 1. The number of amides is 1. The number of primary amides is 1. The van der Waals surface area contributed by atoms with Gasteiger partial charge >= 0.3 is 0 Å². The van der Waals surface area contributed by atoms with E-state index in [9.17, 15) is 4.79 Å². The minimum atomic E-state index is -0.449. The van der Waals surface area contributed by atoms with E-state index in [0.717, 1.165) is 41.7 Å². The fraction of sp³-hybridized carbons (Fsp3) is 0.538. The van der Waals surface area contributed by atoms with E-state index in [1.807, 2.05) is 6.92 Å². The van der Waals surface area contributed by atoms with Gasteiger partial charge in [-0.1, -0.05) is 18.5 Å². The quantitative estimate of drug-likeness (QED) is 0.823. The molecule has 3 N–H and O–H groups in total. The van der Waals surface area contributed by atoms with Crippen LogP contribution in [0.15, 0.2) is 10.7 Å². The highest BCUT2D eigenvalue weighted by Crippen LogP contribution is 2.56. The van der Waals surface area contributed by atoms with Crippen molar-refractivity contribution >= 4 is 39.3 Å². The van der Waals surface area contributed by atoms with E-state index in [1.165, 1.54) is 0 Å². The Hall–Kier alpha value is -0.810. The zero-order chi connectivity index (χ0) is 13.8.